The Bertz CT molecular complexity index is 436. The van der Waals surface area contributed by atoms with Gasteiger partial charge in [0.15, 0.2) is 0 Å². The summed E-state index contributed by atoms with van der Waals surface area (Å²) in [4.78, 5) is 13.4. The number of anilines is 1. The largest absolute Gasteiger partial charge is 0.366 e. The molecule has 1 saturated heterocycles. The zero-order chi connectivity index (χ0) is 12.4. The van der Waals surface area contributed by atoms with E-state index in [1.165, 1.54) is 0 Å². The molecule has 17 heavy (non-hydrogen) atoms. The van der Waals surface area contributed by atoms with Crippen molar-refractivity contribution in [2.45, 2.75) is 18.9 Å². The minimum Gasteiger partial charge on any atom is -0.366 e. The minimum absolute atomic E-state index is 0.394. The summed E-state index contributed by atoms with van der Waals surface area (Å²) < 4.78 is 0.897. The minimum atomic E-state index is -0.408. The van der Waals surface area contributed by atoms with Crippen molar-refractivity contribution in [2.24, 2.45) is 11.5 Å². The van der Waals surface area contributed by atoms with Crippen LogP contribution in [-0.4, -0.2) is 25.0 Å². The fraction of sp³-hybridized carbons (Fsp3) is 0.417. The lowest BCUT2D eigenvalue weighted by atomic mass is 10.1. The maximum Gasteiger partial charge on any atom is 0.248 e. The van der Waals surface area contributed by atoms with Crippen molar-refractivity contribution >= 4 is 27.5 Å². The van der Waals surface area contributed by atoms with Crippen LogP contribution >= 0.6 is 15.9 Å². The molecule has 2 rings (SSSR count). The van der Waals surface area contributed by atoms with Crippen LogP contribution in [0.15, 0.2) is 22.7 Å². The summed E-state index contributed by atoms with van der Waals surface area (Å²) in [6.45, 7) is 1.67. The Kier molecular flexibility index (Phi) is 3.69. The first-order valence-electron chi connectivity index (χ1n) is 5.69. The molecule has 5 heteroatoms. The standard InChI is InChI=1S/C12H16BrN3O/c13-10-6-8(12(15)17)3-4-11(10)16-5-1-2-9(16)7-14/h3-4,6,9H,1-2,5,7,14H2,(H2,15,17). The number of halogens is 1. The second kappa shape index (κ2) is 5.06. The van der Waals surface area contributed by atoms with E-state index in [4.69, 9.17) is 11.5 Å². The molecule has 1 amide bonds. The monoisotopic (exact) mass is 297 g/mol. The lowest BCUT2D eigenvalue weighted by Crippen LogP contribution is -2.35. The van der Waals surface area contributed by atoms with E-state index < -0.39 is 5.91 Å². The van der Waals surface area contributed by atoms with Crippen molar-refractivity contribution in [1.82, 2.24) is 0 Å². The first-order valence-corrected chi connectivity index (χ1v) is 6.49. The first-order chi connectivity index (χ1) is 8.13. The molecule has 1 aliphatic heterocycles. The first kappa shape index (κ1) is 12.4. The van der Waals surface area contributed by atoms with Gasteiger partial charge in [0.1, 0.15) is 0 Å². The van der Waals surface area contributed by atoms with E-state index in [-0.39, 0.29) is 0 Å². The van der Waals surface area contributed by atoms with Gasteiger partial charge in [-0.3, -0.25) is 4.79 Å². The summed E-state index contributed by atoms with van der Waals surface area (Å²) in [7, 11) is 0. The Morgan fingerprint density at radius 1 is 1.53 bits per heavy atom. The molecule has 0 aromatic heterocycles. The zero-order valence-electron chi connectivity index (χ0n) is 9.53. The van der Waals surface area contributed by atoms with Gasteiger partial charge in [0, 0.05) is 29.2 Å². The van der Waals surface area contributed by atoms with Gasteiger partial charge in [-0.2, -0.15) is 0 Å². The van der Waals surface area contributed by atoms with E-state index in [1.54, 1.807) is 12.1 Å². The van der Waals surface area contributed by atoms with Crippen LogP contribution < -0.4 is 16.4 Å². The molecule has 0 saturated carbocycles. The molecule has 0 spiro atoms. The molecular formula is C12H16BrN3O. The molecule has 1 heterocycles. The Morgan fingerprint density at radius 2 is 2.29 bits per heavy atom. The van der Waals surface area contributed by atoms with Gasteiger partial charge in [-0.1, -0.05) is 0 Å². The molecule has 0 radical (unpaired) electrons. The number of hydrogen-bond acceptors (Lipinski definition) is 3. The highest BCUT2D eigenvalue weighted by Gasteiger charge is 2.24. The lowest BCUT2D eigenvalue weighted by molar-refractivity contribution is 0.100. The number of nitrogens with two attached hydrogens (primary N) is 2. The van der Waals surface area contributed by atoms with Crippen molar-refractivity contribution in [2.75, 3.05) is 18.0 Å². The summed E-state index contributed by atoms with van der Waals surface area (Å²) in [6, 6.07) is 5.85. The molecule has 0 aliphatic carbocycles. The molecular weight excluding hydrogens is 282 g/mol. The summed E-state index contributed by atoms with van der Waals surface area (Å²) >= 11 is 3.49. The van der Waals surface area contributed by atoms with Crippen molar-refractivity contribution in [3.8, 4) is 0 Å². The maximum absolute atomic E-state index is 11.1. The Balaban J connectivity index is 2.30. The molecule has 1 atom stereocenters. The van der Waals surface area contributed by atoms with Crippen LogP contribution in [0.25, 0.3) is 0 Å². The van der Waals surface area contributed by atoms with Crippen LogP contribution in [0.4, 0.5) is 5.69 Å². The Morgan fingerprint density at radius 3 is 2.88 bits per heavy atom. The van der Waals surface area contributed by atoms with E-state index in [2.05, 4.69) is 20.8 Å². The molecule has 4 nitrogen and oxygen atoms in total. The number of primary amides is 1. The molecule has 1 aromatic rings. The quantitative estimate of drug-likeness (QED) is 0.887. The number of nitrogens with zero attached hydrogens (tertiary/aromatic N) is 1. The van der Waals surface area contributed by atoms with Crippen LogP contribution in [-0.2, 0) is 0 Å². The van der Waals surface area contributed by atoms with Crippen molar-refractivity contribution in [3.05, 3.63) is 28.2 Å². The number of carbonyl (C=O) groups excluding carboxylic acids is 1. The van der Waals surface area contributed by atoms with Gasteiger partial charge in [-0.25, -0.2) is 0 Å². The summed E-state index contributed by atoms with van der Waals surface area (Å²) in [5.74, 6) is -0.408. The van der Waals surface area contributed by atoms with E-state index in [1.807, 2.05) is 6.07 Å². The molecule has 0 bridgehead atoms. The highest BCUT2D eigenvalue weighted by molar-refractivity contribution is 9.10. The van der Waals surface area contributed by atoms with Crippen LogP contribution in [0.2, 0.25) is 0 Å². The summed E-state index contributed by atoms with van der Waals surface area (Å²) in [5.41, 5.74) is 12.6. The lowest BCUT2D eigenvalue weighted by Gasteiger charge is -2.27. The predicted octanol–water partition coefficient (Wildman–Crippen LogP) is 1.48. The molecule has 1 aliphatic rings. The normalized spacial score (nSPS) is 19.6. The molecule has 92 valence electrons. The van der Waals surface area contributed by atoms with Crippen molar-refractivity contribution in [1.29, 1.82) is 0 Å². The predicted molar refractivity (Wildman–Crippen MR) is 72.1 cm³/mol. The number of amides is 1. The summed E-state index contributed by atoms with van der Waals surface area (Å²) in [5, 5.41) is 0. The summed E-state index contributed by atoms with van der Waals surface area (Å²) in [6.07, 6.45) is 2.28. The van der Waals surface area contributed by atoms with Gasteiger partial charge in [0.05, 0.1) is 5.69 Å². The molecule has 4 N–H and O–H groups in total. The molecule has 1 unspecified atom stereocenters. The van der Waals surface area contributed by atoms with Crippen LogP contribution in [0.1, 0.15) is 23.2 Å². The third-order valence-corrected chi connectivity index (χ3v) is 3.83. The second-order valence-electron chi connectivity index (χ2n) is 4.26. The van der Waals surface area contributed by atoms with Gasteiger partial charge in [0.2, 0.25) is 5.91 Å². The average molecular weight is 298 g/mol. The van der Waals surface area contributed by atoms with Gasteiger partial charge in [-0.05, 0) is 47.0 Å². The van der Waals surface area contributed by atoms with Gasteiger partial charge >= 0.3 is 0 Å². The Labute approximate surface area is 109 Å². The van der Waals surface area contributed by atoms with Crippen LogP contribution in [0.3, 0.4) is 0 Å². The highest BCUT2D eigenvalue weighted by atomic mass is 79.9. The maximum atomic E-state index is 11.1. The number of rotatable bonds is 3. The van der Waals surface area contributed by atoms with Gasteiger partial charge < -0.3 is 16.4 Å². The average Bonchev–Trinajstić information content (AvgIpc) is 2.76. The topological polar surface area (TPSA) is 72.3 Å². The number of hydrogen-bond donors (Lipinski definition) is 2. The van der Waals surface area contributed by atoms with Crippen LogP contribution in [0, 0.1) is 0 Å². The van der Waals surface area contributed by atoms with E-state index in [0.29, 0.717) is 18.2 Å². The Hall–Kier alpha value is -1.07. The fourth-order valence-corrected chi connectivity index (χ4v) is 2.90. The SMILES string of the molecule is NCC1CCCN1c1ccc(C(N)=O)cc1Br. The van der Waals surface area contributed by atoms with Crippen molar-refractivity contribution in [3.63, 3.8) is 0 Å². The fourth-order valence-electron chi connectivity index (χ4n) is 2.29. The van der Waals surface area contributed by atoms with Gasteiger partial charge in [0.25, 0.3) is 0 Å². The number of carbonyl (C=O) groups is 1. The van der Waals surface area contributed by atoms with Gasteiger partial charge in [-0.15, -0.1) is 0 Å². The van der Waals surface area contributed by atoms with Crippen LogP contribution in [0.5, 0.6) is 0 Å². The van der Waals surface area contributed by atoms with E-state index in [0.717, 1.165) is 29.5 Å². The second-order valence-corrected chi connectivity index (χ2v) is 5.11. The van der Waals surface area contributed by atoms with E-state index in [9.17, 15) is 4.79 Å². The van der Waals surface area contributed by atoms with E-state index >= 15 is 0 Å². The number of benzene rings is 1. The third-order valence-electron chi connectivity index (χ3n) is 3.19. The molecule has 1 aromatic carbocycles. The van der Waals surface area contributed by atoms with Crippen molar-refractivity contribution < 1.29 is 4.79 Å². The highest BCUT2D eigenvalue weighted by Crippen LogP contribution is 2.32. The molecule has 1 fully saturated rings. The smallest absolute Gasteiger partial charge is 0.248 e. The third kappa shape index (κ3) is 2.45. The zero-order valence-corrected chi connectivity index (χ0v) is 11.1.